The first-order chi connectivity index (χ1) is 8.47. The molecule has 0 fully saturated rings. The van der Waals surface area contributed by atoms with Crippen molar-refractivity contribution in [2.24, 2.45) is 11.3 Å². The summed E-state index contributed by atoms with van der Waals surface area (Å²) in [6, 6.07) is 2.21. The fraction of sp³-hybridized carbons (Fsp3) is 0.857. The molecule has 0 radical (unpaired) electrons. The minimum atomic E-state index is -0.872. The summed E-state index contributed by atoms with van der Waals surface area (Å²) in [7, 11) is 1.62. The molecular formula is C14H26N2O2. The maximum Gasteiger partial charge on any atom is 0.243 e. The molecule has 0 spiro atoms. The summed E-state index contributed by atoms with van der Waals surface area (Å²) in [6.45, 7) is 9.66. The fourth-order valence-corrected chi connectivity index (χ4v) is 1.98. The zero-order valence-electron chi connectivity index (χ0n) is 12.3. The van der Waals surface area contributed by atoms with Crippen molar-refractivity contribution >= 4 is 5.91 Å². The Balaban J connectivity index is 4.97. The van der Waals surface area contributed by atoms with Gasteiger partial charge in [0.2, 0.25) is 5.91 Å². The minimum Gasteiger partial charge on any atom is -0.383 e. The predicted molar refractivity (Wildman–Crippen MR) is 71.9 cm³/mol. The highest BCUT2D eigenvalue weighted by molar-refractivity contribution is 5.85. The molecule has 0 aliphatic rings. The molecule has 1 amide bonds. The Hall–Kier alpha value is -1.08. The topological polar surface area (TPSA) is 53.3 Å². The van der Waals surface area contributed by atoms with Crippen molar-refractivity contribution in [3.8, 4) is 6.07 Å². The second-order valence-electron chi connectivity index (χ2n) is 5.04. The minimum absolute atomic E-state index is 0.0549. The summed E-state index contributed by atoms with van der Waals surface area (Å²) in [6.07, 6.45) is 1.11. The standard InChI is InChI=1S/C14H26N2O2/c1-6-14(7-2,11-15)13(17)16(8-9-18-5)10-12(3)4/h12H,6-10H2,1-5H3. The van der Waals surface area contributed by atoms with E-state index in [4.69, 9.17) is 4.74 Å². The molecule has 104 valence electrons. The van der Waals surface area contributed by atoms with Crippen LogP contribution in [0.15, 0.2) is 0 Å². The van der Waals surface area contributed by atoms with E-state index in [1.54, 1.807) is 12.0 Å². The van der Waals surface area contributed by atoms with Gasteiger partial charge in [0.1, 0.15) is 5.41 Å². The van der Waals surface area contributed by atoms with Gasteiger partial charge in [0, 0.05) is 20.2 Å². The Bertz CT molecular complexity index is 291. The Morgan fingerprint density at radius 3 is 2.28 bits per heavy atom. The summed E-state index contributed by atoms with van der Waals surface area (Å²) in [5.41, 5.74) is -0.872. The number of amides is 1. The van der Waals surface area contributed by atoms with Gasteiger partial charge in [-0.1, -0.05) is 27.7 Å². The number of rotatable bonds is 8. The first-order valence-corrected chi connectivity index (χ1v) is 6.66. The van der Waals surface area contributed by atoms with Crippen LogP contribution in [-0.4, -0.2) is 37.6 Å². The highest BCUT2D eigenvalue weighted by Gasteiger charge is 2.38. The molecule has 0 heterocycles. The van der Waals surface area contributed by atoms with Crippen molar-refractivity contribution in [1.82, 2.24) is 4.90 Å². The van der Waals surface area contributed by atoms with Gasteiger partial charge in [0.15, 0.2) is 0 Å². The van der Waals surface area contributed by atoms with Crippen molar-refractivity contribution in [2.75, 3.05) is 26.8 Å². The largest absolute Gasteiger partial charge is 0.383 e. The fourth-order valence-electron chi connectivity index (χ4n) is 1.98. The second-order valence-corrected chi connectivity index (χ2v) is 5.04. The lowest BCUT2D eigenvalue weighted by molar-refractivity contribution is -0.140. The van der Waals surface area contributed by atoms with Gasteiger partial charge in [0.05, 0.1) is 12.7 Å². The lowest BCUT2D eigenvalue weighted by atomic mass is 9.82. The number of nitrogens with zero attached hydrogens (tertiary/aromatic N) is 2. The van der Waals surface area contributed by atoms with Gasteiger partial charge >= 0.3 is 0 Å². The molecule has 0 aromatic carbocycles. The zero-order valence-corrected chi connectivity index (χ0v) is 12.3. The third-order valence-electron chi connectivity index (χ3n) is 3.27. The molecule has 0 aliphatic heterocycles. The number of carbonyl (C=O) groups excluding carboxylic acids is 1. The van der Waals surface area contributed by atoms with E-state index in [1.165, 1.54) is 0 Å². The summed E-state index contributed by atoms with van der Waals surface area (Å²) < 4.78 is 5.04. The SMILES string of the molecule is CCC(C#N)(CC)C(=O)N(CCOC)CC(C)C. The van der Waals surface area contributed by atoms with E-state index >= 15 is 0 Å². The Kier molecular flexibility index (Phi) is 7.61. The maximum atomic E-state index is 12.5. The lowest BCUT2D eigenvalue weighted by Gasteiger charge is -2.32. The van der Waals surface area contributed by atoms with Crippen LogP contribution < -0.4 is 0 Å². The van der Waals surface area contributed by atoms with Crippen LogP contribution in [0.2, 0.25) is 0 Å². The molecule has 0 unspecified atom stereocenters. The van der Waals surface area contributed by atoms with Gasteiger partial charge in [-0.25, -0.2) is 0 Å². The number of carbonyl (C=O) groups is 1. The average molecular weight is 254 g/mol. The van der Waals surface area contributed by atoms with E-state index in [9.17, 15) is 10.1 Å². The van der Waals surface area contributed by atoms with Crippen LogP contribution in [0.1, 0.15) is 40.5 Å². The smallest absolute Gasteiger partial charge is 0.243 e. The first kappa shape index (κ1) is 16.9. The highest BCUT2D eigenvalue weighted by atomic mass is 16.5. The van der Waals surface area contributed by atoms with E-state index < -0.39 is 5.41 Å². The predicted octanol–water partition coefficient (Wildman–Crippen LogP) is 2.45. The average Bonchev–Trinajstić information content (AvgIpc) is 2.36. The Labute approximate surface area is 111 Å². The molecule has 4 nitrogen and oxygen atoms in total. The Morgan fingerprint density at radius 1 is 1.39 bits per heavy atom. The number of hydrogen-bond donors (Lipinski definition) is 0. The summed E-state index contributed by atoms with van der Waals surface area (Å²) >= 11 is 0. The monoisotopic (exact) mass is 254 g/mol. The molecule has 0 aromatic heterocycles. The molecule has 0 bridgehead atoms. The molecule has 0 rings (SSSR count). The lowest BCUT2D eigenvalue weighted by Crippen LogP contribution is -2.45. The number of methoxy groups -OCH3 is 1. The van der Waals surface area contributed by atoms with Gasteiger partial charge in [-0.15, -0.1) is 0 Å². The summed E-state index contributed by atoms with van der Waals surface area (Å²) in [5, 5.41) is 9.33. The highest BCUT2D eigenvalue weighted by Crippen LogP contribution is 2.28. The van der Waals surface area contributed by atoms with Crippen LogP contribution in [0, 0.1) is 22.7 Å². The maximum absolute atomic E-state index is 12.5. The quantitative estimate of drug-likeness (QED) is 0.668. The van der Waals surface area contributed by atoms with Crippen molar-refractivity contribution in [3.63, 3.8) is 0 Å². The molecule has 0 N–H and O–H groups in total. The molecule has 0 aromatic rings. The van der Waals surface area contributed by atoms with Crippen LogP contribution in [0.5, 0.6) is 0 Å². The summed E-state index contributed by atoms with van der Waals surface area (Å²) in [5.74, 6) is 0.330. The van der Waals surface area contributed by atoms with Gasteiger partial charge in [-0.2, -0.15) is 5.26 Å². The van der Waals surface area contributed by atoms with E-state index in [0.29, 0.717) is 38.5 Å². The zero-order chi connectivity index (χ0) is 14.2. The third-order valence-corrected chi connectivity index (χ3v) is 3.27. The van der Waals surface area contributed by atoms with Crippen LogP contribution in [0.4, 0.5) is 0 Å². The van der Waals surface area contributed by atoms with Crippen LogP contribution >= 0.6 is 0 Å². The molecule has 18 heavy (non-hydrogen) atoms. The van der Waals surface area contributed by atoms with Crippen LogP contribution in [0.3, 0.4) is 0 Å². The van der Waals surface area contributed by atoms with Gasteiger partial charge in [-0.3, -0.25) is 4.79 Å². The van der Waals surface area contributed by atoms with E-state index in [1.807, 2.05) is 13.8 Å². The molecule has 0 saturated carbocycles. The van der Waals surface area contributed by atoms with Crippen molar-refractivity contribution in [1.29, 1.82) is 5.26 Å². The van der Waals surface area contributed by atoms with Crippen LogP contribution in [0.25, 0.3) is 0 Å². The van der Waals surface area contributed by atoms with E-state index in [-0.39, 0.29) is 5.91 Å². The number of hydrogen-bond acceptors (Lipinski definition) is 3. The number of nitriles is 1. The van der Waals surface area contributed by atoms with E-state index in [2.05, 4.69) is 19.9 Å². The Morgan fingerprint density at radius 2 is 1.94 bits per heavy atom. The molecule has 0 aliphatic carbocycles. The molecular weight excluding hydrogens is 228 g/mol. The van der Waals surface area contributed by atoms with Crippen molar-refractivity contribution < 1.29 is 9.53 Å². The molecule has 0 saturated heterocycles. The van der Waals surface area contributed by atoms with Crippen molar-refractivity contribution in [3.05, 3.63) is 0 Å². The van der Waals surface area contributed by atoms with E-state index in [0.717, 1.165) is 0 Å². The first-order valence-electron chi connectivity index (χ1n) is 6.66. The normalized spacial score (nSPS) is 11.4. The van der Waals surface area contributed by atoms with Gasteiger partial charge < -0.3 is 9.64 Å². The number of ether oxygens (including phenoxy) is 1. The van der Waals surface area contributed by atoms with Gasteiger partial charge in [0.25, 0.3) is 0 Å². The second kappa shape index (κ2) is 8.10. The van der Waals surface area contributed by atoms with Gasteiger partial charge in [-0.05, 0) is 18.8 Å². The van der Waals surface area contributed by atoms with Crippen LogP contribution in [-0.2, 0) is 9.53 Å². The third kappa shape index (κ3) is 4.30. The summed E-state index contributed by atoms with van der Waals surface area (Å²) in [4.78, 5) is 14.3. The van der Waals surface area contributed by atoms with Crippen molar-refractivity contribution in [2.45, 2.75) is 40.5 Å². The molecule has 0 atom stereocenters. The molecule has 4 heteroatoms.